The number of carbonyl (C=O) groups excluding carboxylic acids is 3. The van der Waals surface area contributed by atoms with Gasteiger partial charge in [-0.25, -0.2) is 4.79 Å². The van der Waals surface area contributed by atoms with Crippen molar-refractivity contribution in [1.29, 1.82) is 0 Å². The zero-order valence-corrected chi connectivity index (χ0v) is 24.2. The Labute approximate surface area is 253 Å². The van der Waals surface area contributed by atoms with Crippen LogP contribution in [-0.2, 0) is 20.5 Å². The van der Waals surface area contributed by atoms with Crippen LogP contribution in [0.2, 0.25) is 0 Å². The zero-order chi connectivity index (χ0) is 31.4. The van der Waals surface area contributed by atoms with Gasteiger partial charge in [0, 0.05) is 49.4 Å². The molecule has 232 valence electrons. The summed E-state index contributed by atoms with van der Waals surface area (Å²) in [7, 11) is 1.28. The van der Waals surface area contributed by atoms with Crippen LogP contribution in [0.5, 0.6) is 0 Å². The Bertz CT molecular complexity index is 1490. The first kappa shape index (κ1) is 31.1. The number of piperidine rings is 1. The average Bonchev–Trinajstić information content (AvgIpc) is 3.43. The molecule has 2 heterocycles. The second kappa shape index (κ2) is 13.1. The molecule has 2 atom stereocenters. The van der Waals surface area contributed by atoms with Gasteiger partial charge < -0.3 is 25.0 Å². The number of nitrogens with one attached hydrogen (secondary N) is 1. The second-order valence-corrected chi connectivity index (χ2v) is 11.2. The molecule has 2 amide bonds. The molecule has 11 heteroatoms. The molecule has 0 spiro atoms. The van der Waals surface area contributed by atoms with Crippen LogP contribution < -0.4 is 10.2 Å². The summed E-state index contributed by atoms with van der Waals surface area (Å²) in [6, 6.07) is 18.2. The number of alkyl halides is 3. The predicted molar refractivity (Wildman–Crippen MR) is 159 cm³/mol. The molecule has 3 aromatic rings. The van der Waals surface area contributed by atoms with Crippen LogP contribution >= 0.6 is 0 Å². The van der Waals surface area contributed by atoms with Gasteiger partial charge in [0.1, 0.15) is 6.04 Å². The molecule has 5 rings (SSSR count). The molecule has 2 aliphatic heterocycles. The summed E-state index contributed by atoms with van der Waals surface area (Å²) in [5.74, 6) is -0.861. The second-order valence-electron chi connectivity index (χ2n) is 11.2. The van der Waals surface area contributed by atoms with E-state index in [1.807, 2.05) is 12.1 Å². The minimum atomic E-state index is -4.44. The number of nitrogens with zero attached hydrogens (tertiary/aromatic N) is 2. The molecule has 0 bridgehead atoms. The fourth-order valence-corrected chi connectivity index (χ4v) is 5.93. The molecule has 2 N–H and O–H groups in total. The molecule has 0 aromatic heterocycles. The Morgan fingerprint density at radius 2 is 1.61 bits per heavy atom. The van der Waals surface area contributed by atoms with Gasteiger partial charge in [0.05, 0.1) is 18.8 Å². The monoisotopic (exact) mass is 609 g/mol. The van der Waals surface area contributed by atoms with Crippen molar-refractivity contribution in [3.63, 3.8) is 0 Å². The zero-order valence-electron chi connectivity index (χ0n) is 24.2. The van der Waals surface area contributed by atoms with Crippen LogP contribution in [-0.4, -0.2) is 66.7 Å². The Morgan fingerprint density at radius 3 is 2.25 bits per heavy atom. The number of anilines is 2. The lowest BCUT2D eigenvalue weighted by Crippen LogP contribution is -2.43. The fourth-order valence-electron chi connectivity index (χ4n) is 5.93. The highest BCUT2D eigenvalue weighted by molar-refractivity contribution is 6.08. The SMILES string of the molecule is COC(=O)[C@@H]1C[C@H](O)CN1C(=O)CC1CCN(c2ccc(NC(=O)c3ccccc3-c3ccc(C(F)(F)F)cc3)cc2)CC1. The third-order valence-electron chi connectivity index (χ3n) is 8.34. The summed E-state index contributed by atoms with van der Waals surface area (Å²) in [4.78, 5) is 41.8. The number of halogens is 3. The first-order valence-electron chi connectivity index (χ1n) is 14.5. The molecular weight excluding hydrogens is 575 g/mol. The minimum Gasteiger partial charge on any atom is -0.467 e. The lowest BCUT2D eigenvalue weighted by atomic mass is 9.92. The normalized spacial score (nSPS) is 19.1. The van der Waals surface area contributed by atoms with Crippen LogP contribution in [0.15, 0.2) is 72.8 Å². The largest absolute Gasteiger partial charge is 0.467 e. The number of hydrogen-bond acceptors (Lipinski definition) is 6. The fraction of sp³-hybridized carbons (Fsp3) is 0.364. The molecule has 0 saturated carbocycles. The maximum Gasteiger partial charge on any atom is 0.416 e. The Morgan fingerprint density at radius 1 is 0.955 bits per heavy atom. The van der Waals surface area contributed by atoms with E-state index >= 15 is 0 Å². The first-order chi connectivity index (χ1) is 21.0. The van der Waals surface area contributed by atoms with Gasteiger partial charge in [-0.05, 0) is 72.4 Å². The molecule has 0 aliphatic carbocycles. The van der Waals surface area contributed by atoms with E-state index in [-0.39, 0.29) is 30.7 Å². The summed E-state index contributed by atoms with van der Waals surface area (Å²) in [6.45, 7) is 1.63. The Hall–Kier alpha value is -4.38. The molecule has 44 heavy (non-hydrogen) atoms. The number of amides is 2. The van der Waals surface area contributed by atoms with Crippen LogP contribution in [0, 0.1) is 5.92 Å². The molecule has 2 fully saturated rings. The van der Waals surface area contributed by atoms with E-state index in [1.54, 1.807) is 36.4 Å². The number of likely N-dealkylation sites (tertiary alicyclic amines) is 1. The quantitative estimate of drug-likeness (QED) is 0.350. The van der Waals surface area contributed by atoms with Gasteiger partial charge in [0.15, 0.2) is 0 Å². The van der Waals surface area contributed by atoms with E-state index in [4.69, 9.17) is 4.74 Å². The standard InChI is InChI=1S/C33H34F3N3O5/c1-44-32(43)29-19-26(40)20-39(29)30(41)18-21-14-16-38(17-15-21)25-12-10-24(11-13-25)37-31(42)28-5-3-2-4-27(28)22-6-8-23(9-7-22)33(34,35)36/h2-13,21,26,29,40H,14-20H2,1H3,(H,37,42)/t26-,29-/m0/s1. The highest BCUT2D eigenvalue weighted by Gasteiger charge is 2.40. The summed E-state index contributed by atoms with van der Waals surface area (Å²) >= 11 is 0. The van der Waals surface area contributed by atoms with Crippen molar-refractivity contribution in [3.8, 4) is 11.1 Å². The van der Waals surface area contributed by atoms with E-state index in [9.17, 15) is 32.7 Å². The van der Waals surface area contributed by atoms with Crippen molar-refractivity contribution in [2.24, 2.45) is 5.92 Å². The van der Waals surface area contributed by atoms with Crippen LogP contribution in [0.25, 0.3) is 11.1 Å². The number of carbonyl (C=O) groups is 3. The Kier molecular flexibility index (Phi) is 9.24. The Balaban J connectivity index is 1.16. The van der Waals surface area contributed by atoms with Crippen molar-refractivity contribution in [2.75, 3.05) is 37.0 Å². The number of benzene rings is 3. The highest BCUT2D eigenvalue weighted by atomic mass is 19.4. The van der Waals surface area contributed by atoms with Gasteiger partial charge in [0.25, 0.3) is 5.91 Å². The van der Waals surface area contributed by atoms with E-state index < -0.39 is 29.9 Å². The molecule has 3 aromatic carbocycles. The van der Waals surface area contributed by atoms with Crippen LogP contribution in [0.3, 0.4) is 0 Å². The summed E-state index contributed by atoms with van der Waals surface area (Å²) in [5.41, 5.74) is 2.18. The number of esters is 1. The number of aliphatic hydroxyl groups is 1. The van der Waals surface area contributed by atoms with Crippen molar-refractivity contribution in [2.45, 2.75) is 44.0 Å². The van der Waals surface area contributed by atoms with Crippen LogP contribution in [0.1, 0.15) is 41.6 Å². The molecule has 2 aliphatic rings. The first-order valence-corrected chi connectivity index (χ1v) is 14.5. The maximum absolute atomic E-state index is 13.2. The number of β-amino-alcohol motifs (C(OH)–C–C–N with tert-alkyl or cyclic N) is 1. The highest BCUT2D eigenvalue weighted by Crippen LogP contribution is 2.33. The topological polar surface area (TPSA) is 99.2 Å². The smallest absolute Gasteiger partial charge is 0.416 e. The summed E-state index contributed by atoms with van der Waals surface area (Å²) in [6.07, 6.45) is -3.07. The van der Waals surface area contributed by atoms with Crippen molar-refractivity contribution in [1.82, 2.24) is 4.90 Å². The van der Waals surface area contributed by atoms with E-state index in [0.29, 0.717) is 28.8 Å². The third-order valence-corrected chi connectivity index (χ3v) is 8.34. The maximum atomic E-state index is 13.2. The number of hydrogen-bond donors (Lipinski definition) is 2. The van der Waals surface area contributed by atoms with Crippen LogP contribution in [0.4, 0.5) is 24.5 Å². The molecular formula is C33H34F3N3O5. The summed E-state index contributed by atoms with van der Waals surface area (Å²) < 4.78 is 43.8. The lowest BCUT2D eigenvalue weighted by molar-refractivity contribution is -0.151. The third kappa shape index (κ3) is 7.05. The number of methoxy groups -OCH3 is 1. The molecule has 8 nitrogen and oxygen atoms in total. The van der Waals surface area contributed by atoms with E-state index in [2.05, 4.69) is 10.2 Å². The van der Waals surface area contributed by atoms with Gasteiger partial charge >= 0.3 is 12.1 Å². The molecule has 0 unspecified atom stereocenters. The predicted octanol–water partition coefficient (Wildman–Crippen LogP) is 5.37. The van der Waals surface area contributed by atoms with E-state index in [0.717, 1.165) is 43.8 Å². The molecule has 0 radical (unpaired) electrons. The average molecular weight is 610 g/mol. The van der Waals surface area contributed by atoms with Gasteiger partial charge in [-0.1, -0.05) is 30.3 Å². The van der Waals surface area contributed by atoms with Crippen molar-refractivity contribution in [3.05, 3.63) is 83.9 Å². The van der Waals surface area contributed by atoms with E-state index in [1.165, 1.54) is 24.1 Å². The van der Waals surface area contributed by atoms with Gasteiger partial charge in [-0.3, -0.25) is 9.59 Å². The summed E-state index contributed by atoms with van der Waals surface area (Å²) in [5, 5.41) is 12.9. The number of aliphatic hydroxyl groups excluding tert-OH is 1. The number of ether oxygens (including phenoxy) is 1. The minimum absolute atomic E-state index is 0.140. The lowest BCUT2D eigenvalue weighted by Gasteiger charge is -2.34. The van der Waals surface area contributed by atoms with Crippen molar-refractivity contribution >= 4 is 29.2 Å². The van der Waals surface area contributed by atoms with Gasteiger partial charge in [-0.2, -0.15) is 13.2 Å². The van der Waals surface area contributed by atoms with Crippen molar-refractivity contribution < 1.29 is 37.4 Å². The number of rotatable bonds is 7. The van der Waals surface area contributed by atoms with Gasteiger partial charge in [0.2, 0.25) is 5.91 Å². The van der Waals surface area contributed by atoms with Gasteiger partial charge in [-0.15, -0.1) is 0 Å². The molecule has 2 saturated heterocycles.